The highest BCUT2D eigenvalue weighted by Gasteiger charge is 2.05. The minimum Gasteiger partial charge on any atom is -0.383 e. The molecule has 0 fully saturated rings. The second kappa shape index (κ2) is 11.5. The van der Waals surface area contributed by atoms with Crippen LogP contribution in [0.4, 0.5) is 14.5 Å². The van der Waals surface area contributed by atoms with Crippen LogP contribution in [0.1, 0.15) is 71.1 Å². The Bertz CT molecular complexity index is 379. The van der Waals surface area contributed by atoms with E-state index < -0.39 is 11.6 Å². The zero-order valence-electron chi connectivity index (χ0n) is 13.3. The summed E-state index contributed by atoms with van der Waals surface area (Å²) in [5.74, 6) is -1.56. The molecule has 0 atom stereocenters. The molecule has 0 aromatic heterocycles. The van der Waals surface area contributed by atoms with Crippen LogP contribution in [0.3, 0.4) is 0 Å². The van der Waals surface area contributed by atoms with E-state index in [1.165, 1.54) is 57.4 Å². The molecule has 0 aliphatic heterocycles. The lowest BCUT2D eigenvalue weighted by Crippen LogP contribution is -2.04. The van der Waals surface area contributed by atoms with Crippen LogP contribution >= 0.6 is 0 Å². The summed E-state index contributed by atoms with van der Waals surface area (Å²) in [6, 6.07) is 4.25. The van der Waals surface area contributed by atoms with Crippen molar-refractivity contribution in [3.63, 3.8) is 0 Å². The summed E-state index contributed by atoms with van der Waals surface area (Å²) in [5.41, 5.74) is 0.269. The van der Waals surface area contributed by atoms with Crippen molar-refractivity contribution in [1.29, 1.82) is 0 Å². The molecule has 0 heterocycles. The number of halogens is 2. The molecule has 1 rings (SSSR count). The molecular formula is C18H29F2N. The van der Waals surface area contributed by atoms with E-state index >= 15 is 0 Å². The average molecular weight is 297 g/mol. The van der Waals surface area contributed by atoms with E-state index in [2.05, 4.69) is 12.2 Å². The fourth-order valence-electron chi connectivity index (χ4n) is 2.48. The van der Waals surface area contributed by atoms with Crippen molar-refractivity contribution in [2.45, 2.75) is 71.1 Å². The van der Waals surface area contributed by atoms with Crippen LogP contribution in [0.25, 0.3) is 0 Å². The SMILES string of the molecule is CCCCCCCCCCCCNc1cccc(F)c1F. The third kappa shape index (κ3) is 8.03. The van der Waals surface area contributed by atoms with Crippen molar-refractivity contribution < 1.29 is 8.78 Å². The molecule has 0 saturated carbocycles. The summed E-state index contributed by atoms with van der Waals surface area (Å²) >= 11 is 0. The van der Waals surface area contributed by atoms with Crippen molar-refractivity contribution in [2.24, 2.45) is 0 Å². The molecule has 120 valence electrons. The van der Waals surface area contributed by atoms with E-state index in [4.69, 9.17) is 0 Å². The first-order valence-corrected chi connectivity index (χ1v) is 8.43. The Morgan fingerprint density at radius 2 is 1.38 bits per heavy atom. The normalized spacial score (nSPS) is 10.8. The van der Waals surface area contributed by atoms with Gasteiger partial charge in [0.1, 0.15) is 0 Å². The van der Waals surface area contributed by atoms with Crippen LogP contribution in [0.15, 0.2) is 18.2 Å². The lowest BCUT2D eigenvalue weighted by atomic mass is 10.1. The lowest BCUT2D eigenvalue weighted by molar-refractivity contribution is 0.510. The topological polar surface area (TPSA) is 12.0 Å². The zero-order chi connectivity index (χ0) is 15.3. The Hall–Kier alpha value is -1.12. The van der Waals surface area contributed by atoms with Crippen LogP contribution < -0.4 is 5.32 Å². The molecule has 0 bridgehead atoms. The molecule has 3 heteroatoms. The van der Waals surface area contributed by atoms with Gasteiger partial charge in [0.25, 0.3) is 0 Å². The number of nitrogens with one attached hydrogen (secondary N) is 1. The summed E-state index contributed by atoms with van der Waals surface area (Å²) < 4.78 is 26.4. The number of benzene rings is 1. The second-order valence-corrected chi connectivity index (χ2v) is 5.71. The number of unbranched alkanes of at least 4 members (excludes halogenated alkanes) is 9. The van der Waals surface area contributed by atoms with Gasteiger partial charge in [-0.1, -0.05) is 70.8 Å². The maximum absolute atomic E-state index is 13.4. The molecule has 1 aromatic rings. The first-order chi connectivity index (χ1) is 10.3. The maximum atomic E-state index is 13.4. The van der Waals surface area contributed by atoms with Gasteiger partial charge in [0, 0.05) is 6.54 Å². The monoisotopic (exact) mass is 297 g/mol. The molecule has 0 unspecified atom stereocenters. The van der Waals surface area contributed by atoms with Crippen molar-refractivity contribution in [1.82, 2.24) is 0 Å². The highest BCUT2D eigenvalue weighted by molar-refractivity contribution is 5.44. The molecule has 0 aliphatic carbocycles. The highest BCUT2D eigenvalue weighted by atomic mass is 19.2. The summed E-state index contributed by atoms with van der Waals surface area (Å²) in [5, 5.41) is 2.96. The van der Waals surface area contributed by atoms with Crippen LogP contribution in [-0.2, 0) is 0 Å². The summed E-state index contributed by atoms with van der Waals surface area (Å²) in [6.45, 7) is 2.95. The number of hydrogen-bond donors (Lipinski definition) is 1. The largest absolute Gasteiger partial charge is 0.383 e. The average Bonchev–Trinajstić information content (AvgIpc) is 2.49. The predicted octanol–water partition coefficient (Wildman–Crippen LogP) is 6.30. The smallest absolute Gasteiger partial charge is 0.181 e. The zero-order valence-corrected chi connectivity index (χ0v) is 13.3. The fourth-order valence-corrected chi connectivity index (χ4v) is 2.48. The van der Waals surface area contributed by atoms with E-state index in [9.17, 15) is 8.78 Å². The molecular weight excluding hydrogens is 268 g/mol. The standard InChI is InChI=1S/C18H29F2N/c1-2-3-4-5-6-7-8-9-10-11-15-21-17-14-12-13-16(19)18(17)20/h12-14,21H,2-11,15H2,1H3. The molecule has 0 saturated heterocycles. The van der Waals surface area contributed by atoms with Crippen molar-refractivity contribution in [2.75, 3.05) is 11.9 Å². The highest BCUT2D eigenvalue weighted by Crippen LogP contribution is 2.16. The first-order valence-electron chi connectivity index (χ1n) is 8.43. The van der Waals surface area contributed by atoms with Gasteiger partial charge >= 0.3 is 0 Å². The molecule has 1 aromatic carbocycles. The quantitative estimate of drug-likeness (QED) is 0.446. The van der Waals surface area contributed by atoms with E-state index in [1.54, 1.807) is 6.07 Å². The van der Waals surface area contributed by atoms with Gasteiger partial charge in [-0.05, 0) is 18.6 Å². The molecule has 0 aliphatic rings. The van der Waals surface area contributed by atoms with E-state index in [0.717, 1.165) is 18.9 Å². The summed E-state index contributed by atoms with van der Waals surface area (Å²) in [6.07, 6.45) is 12.8. The maximum Gasteiger partial charge on any atom is 0.181 e. The van der Waals surface area contributed by atoms with Gasteiger partial charge in [-0.2, -0.15) is 0 Å². The van der Waals surface area contributed by atoms with Crippen molar-refractivity contribution in [3.8, 4) is 0 Å². The Balaban J connectivity index is 1.94. The van der Waals surface area contributed by atoms with Crippen LogP contribution in [-0.4, -0.2) is 6.54 Å². The summed E-state index contributed by atoms with van der Waals surface area (Å²) in [4.78, 5) is 0. The molecule has 21 heavy (non-hydrogen) atoms. The van der Waals surface area contributed by atoms with Crippen molar-refractivity contribution >= 4 is 5.69 Å². The van der Waals surface area contributed by atoms with Gasteiger partial charge in [-0.3, -0.25) is 0 Å². The van der Waals surface area contributed by atoms with E-state index in [0.29, 0.717) is 6.54 Å². The van der Waals surface area contributed by atoms with Gasteiger partial charge in [0.2, 0.25) is 0 Å². The van der Waals surface area contributed by atoms with Crippen LogP contribution in [0, 0.1) is 11.6 Å². The van der Waals surface area contributed by atoms with Crippen molar-refractivity contribution in [3.05, 3.63) is 29.8 Å². The minimum atomic E-state index is -0.789. The Morgan fingerprint density at radius 1 is 0.810 bits per heavy atom. The Kier molecular flexibility index (Phi) is 9.84. The van der Waals surface area contributed by atoms with Crippen LogP contribution in [0.5, 0.6) is 0 Å². The molecule has 0 radical (unpaired) electrons. The number of rotatable bonds is 12. The number of anilines is 1. The van der Waals surface area contributed by atoms with E-state index in [-0.39, 0.29) is 5.69 Å². The van der Waals surface area contributed by atoms with Gasteiger partial charge < -0.3 is 5.32 Å². The van der Waals surface area contributed by atoms with Gasteiger partial charge in [-0.25, -0.2) is 8.78 Å². The molecule has 1 nitrogen and oxygen atoms in total. The second-order valence-electron chi connectivity index (χ2n) is 5.71. The minimum absolute atomic E-state index is 0.269. The first kappa shape index (κ1) is 17.9. The van der Waals surface area contributed by atoms with E-state index in [1.807, 2.05) is 0 Å². The fraction of sp³-hybridized carbons (Fsp3) is 0.667. The predicted molar refractivity (Wildman–Crippen MR) is 86.7 cm³/mol. The third-order valence-electron chi connectivity index (χ3n) is 3.80. The Labute approximate surface area is 128 Å². The lowest BCUT2D eigenvalue weighted by Gasteiger charge is -2.07. The summed E-state index contributed by atoms with van der Waals surface area (Å²) in [7, 11) is 0. The molecule has 1 N–H and O–H groups in total. The van der Waals surface area contributed by atoms with Gasteiger partial charge in [-0.15, -0.1) is 0 Å². The number of hydrogen-bond acceptors (Lipinski definition) is 1. The molecule has 0 spiro atoms. The van der Waals surface area contributed by atoms with Gasteiger partial charge in [0.15, 0.2) is 11.6 Å². The van der Waals surface area contributed by atoms with Gasteiger partial charge in [0.05, 0.1) is 5.69 Å². The third-order valence-corrected chi connectivity index (χ3v) is 3.80. The Morgan fingerprint density at radius 3 is 2.00 bits per heavy atom. The van der Waals surface area contributed by atoms with Crippen LogP contribution in [0.2, 0.25) is 0 Å². The molecule has 0 amide bonds.